The number of nitrogens with one attached hydrogen (secondary N) is 1. The largest absolute Gasteiger partial charge is 0.373 e. The van der Waals surface area contributed by atoms with Crippen molar-refractivity contribution in [3.05, 3.63) is 47.5 Å². The number of likely N-dealkylation sites (tertiary alicyclic amines) is 1. The molecule has 1 aliphatic heterocycles. The lowest BCUT2D eigenvalue weighted by molar-refractivity contribution is -0.170. The maximum absolute atomic E-state index is 11.6. The number of fused-ring (bicyclic) bond motifs is 2. The van der Waals surface area contributed by atoms with Crippen LogP contribution in [-0.4, -0.2) is 46.2 Å². The van der Waals surface area contributed by atoms with E-state index in [-0.39, 0.29) is 18.0 Å². The summed E-state index contributed by atoms with van der Waals surface area (Å²) in [6, 6.07) is 5.82. The SMILES string of the molecule is COC1(c2ccnc(C(N)=O)c2)C2CCCC1CN(Cc1ccn[nH]1)C2.Cl. The van der Waals surface area contributed by atoms with Gasteiger partial charge in [0.25, 0.3) is 5.91 Å². The highest BCUT2D eigenvalue weighted by molar-refractivity contribution is 5.90. The number of halogens is 1. The zero-order valence-electron chi connectivity index (χ0n) is 15.4. The second kappa shape index (κ2) is 7.96. The van der Waals surface area contributed by atoms with Gasteiger partial charge in [-0.25, -0.2) is 0 Å². The number of pyridine rings is 1. The molecule has 1 amide bonds. The molecule has 2 fully saturated rings. The first kappa shape index (κ1) is 19.8. The number of ether oxygens (including phenoxy) is 1. The Labute approximate surface area is 165 Å². The molecule has 1 saturated carbocycles. The van der Waals surface area contributed by atoms with Gasteiger partial charge in [-0.1, -0.05) is 6.42 Å². The van der Waals surface area contributed by atoms with E-state index in [1.807, 2.05) is 18.2 Å². The standard InChI is InChI=1S/C19H25N5O2.ClH/c1-26-19(13-5-7-21-17(9-13)18(20)25)14-3-2-4-15(19)11-24(10-14)12-16-6-8-22-23-16;/h5-9,14-15H,2-4,10-12H2,1H3,(H2,20,25)(H,22,23);1H. The normalized spacial score (nSPS) is 27.7. The summed E-state index contributed by atoms with van der Waals surface area (Å²) in [6.07, 6.45) is 6.90. The van der Waals surface area contributed by atoms with Crippen molar-refractivity contribution in [3.8, 4) is 0 Å². The van der Waals surface area contributed by atoms with Crippen LogP contribution in [0, 0.1) is 11.8 Å². The third-order valence-corrected chi connectivity index (χ3v) is 6.03. The van der Waals surface area contributed by atoms with Crippen molar-refractivity contribution >= 4 is 18.3 Å². The molecule has 4 rings (SSSR count). The lowest BCUT2D eigenvalue weighted by atomic mass is 9.62. The van der Waals surface area contributed by atoms with Gasteiger partial charge in [0.15, 0.2) is 0 Å². The summed E-state index contributed by atoms with van der Waals surface area (Å²) in [7, 11) is 1.79. The van der Waals surface area contributed by atoms with Crippen LogP contribution in [0.25, 0.3) is 0 Å². The molecule has 2 aliphatic rings. The van der Waals surface area contributed by atoms with Gasteiger partial charge in [-0.3, -0.25) is 19.8 Å². The number of nitrogens with zero attached hydrogens (tertiary/aromatic N) is 3. The Hall–Kier alpha value is -1.96. The van der Waals surface area contributed by atoms with Crippen LogP contribution in [-0.2, 0) is 16.9 Å². The van der Waals surface area contributed by atoms with Gasteiger partial charge < -0.3 is 10.5 Å². The van der Waals surface area contributed by atoms with Gasteiger partial charge in [-0.2, -0.15) is 5.10 Å². The van der Waals surface area contributed by atoms with Gasteiger partial charge in [0.2, 0.25) is 0 Å². The fourth-order valence-corrected chi connectivity index (χ4v) is 5.00. The number of carbonyl (C=O) groups excluding carboxylic acids is 1. The molecule has 2 unspecified atom stereocenters. The lowest BCUT2D eigenvalue weighted by Gasteiger charge is -2.55. The van der Waals surface area contributed by atoms with Crippen molar-refractivity contribution in [2.24, 2.45) is 17.6 Å². The first-order chi connectivity index (χ1) is 12.6. The molecular formula is C19H26ClN5O2. The number of carbonyl (C=O) groups is 1. The molecule has 8 heteroatoms. The van der Waals surface area contributed by atoms with Gasteiger partial charge in [0, 0.05) is 56.7 Å². The molecule has 27 heavy (non-hydrogen) atoms. The predicted molar refractivity (Wildman–Crippen MR) is 103 cm³/mol. The zero-order valence-corrected chi connectivity index (χ0v) is 16.2. The second-order valence-electron chi connectivity index (χ2n) is 7.39. The fourth-order valence-electron chi connectivity index (χ4n) is 5.00. The molecule has 2 atom stereocenters. The number of rotatable bonds is 5. The summed E-state index contributed by atoms with van der Waals surface area (Å²) < 4.78 is 6.22. The van der Waals surface area contributed by atoms with Gasteiger partial charge >= 0.3 is 0 Å². The molecule has 0 spiro atoms. The Balaban J connectivity index is 0.00000210. The molecule has 2 aromatic rings. The molecule has 1 saturated heterocycles. The number of aromatic nitrogens is 3. The van der Waals surface area contributed by atoms with E-state index in [2.05, 4.69) is 20.1 Å². The molecule has 7 nitrogen and oxygen atoms in total. The number of piperidine rings is 1. The van der Waals surface area contributed by atoms with Crippen molar-refractivity contribution in [2.45, 2.75) is 31.4 Å². The summed E-state index contributed by atoms with van der Waals surface area (Å²) >= 11 is 0. The smallest absolute Gasteiger partial charge is 0.267 e. The van der Waals surface area contributed by atoms with E-state index in [0.717, 1.165) is 43.7 Å². The van der Waals surface area contributed by atoms with Crippen molar-refractivity contribution in [1.82, 2.24) is 20.1 Å². The number of primary amides is 1. The molecule has 3 N–H and O–H groups in total. The monoisotopic (exact) mass is 391 g/mol. The Morgan fingerprint density at radius 1 is 1.33 bits per heavy atom. The number of aromatic amines is 1. The minimum Gasteiger partial charge on any atom is -0.373 e. The Bertz CT molecular complexity index is 768. The Morgan fingerprint density at radius 2 is 2.07 bits per heavy atom. The number of methoxy groups -OCH3 is 1. The predicted octanol–water partition coefficient (Wildman–Crippen LogP) is 2.10. The minimum absolute atomic E-state index is 0. The summed E-state index contributed by atoms with van der Waals surface area (Å²) in [4.78, 5) is 18.2. The maximum Gasteiger partial charge on any atom is 0.267 e. The van der Waals surface area contributed by atoms with Crippen molar-refractivity contribution in [1.29, 1.82) is 0 Å². The van der Waals surface area contributed by atoms with Gasteiger partial charge in [-0.15, -0.1) is 12.4 Å². The van der Waals surface area contributed by atoms with Crippen LogP contribution in [0.5, 0.6) is 0 Å². The summed E-state index contributed by atoms with van der Waals surface area (Å²) in [5.41, 5.74) is 7.53. The van der Waals surface area contributed by atoms with Gasteiger partial charge in [0.1, 0.15) is 11.3 Å². The molecule has 0 aromatic carbocycles. The average Bonchev–Trinajstić information content (AvgIpc) is 3.14. The Morgan fingerprint density at radius 3 is 2.67 bits per heavy atom. The molecule has 146 valence electrons. The number of hydrogen-bond donors (Lipinski definition) is 2. The van der Waals surface area contributed by atoms with E-state index in [1.54, 1.807) is 19.5 Å². The average molecular weight is 392 g/mol. The van der Waals surface area contributed by atoms with Crippen LogP contribution in [0.3, 0.4) is 0 Å². The van der Waals surface area contributed by atoms with Crippen LogP contribution in [0.15, 0.2) is 30.6 Å². The van der Waals surface area contributed by atoms with E-state index in [1.165, 1.54) is 6.42 Å². The minimum atomic E-state index is -0.500. The lowest BCUT2D eigenvalue weighted by Crippen LogP contribution is -2.58. The zero-order chi connectivity index (χ0) is 18.1. The third-order valence-electron chi connectivity index (χ3n) is 6.03. The summed E-state index contributed by atoms with van der Waals surface area (Å²) in [5, 5.41) is 7.11. The number of H-pyrrole nitrogens is 1. The molecular weight excluding hydrogens is 366 g/mol. The highest BCUT2D eigenvalue weighted by Gasteiger charge is 2.53. The van der Waals surface area contributed by atoms with Crippen LogP contribution in [0.1, 0.15) is 41.0 Å². The van der Waals surface area contributed by atoms with Crippen molar-refractivity contribution in [2.75, 3.05) is 20.2 Å². The molecule has 3 heterocycles. The van der Waals surface area contributed by atoms with Crippen LogP contribution in [0.4, 0.5) is 0 Å². The molecule has 2 bridgehead atoms. The quantitative estimate of drug-likeness (QED) is 0.813. The fraction of sp³-hybridized carbons (Fsp3) is 0.526. The first-order valence-corrected chi connectivity index (χ1v) is 9.15. The summed E-state index contributed by atoms with van der Waals surface area (Å²) in [6.45, 7) is 2.78. The van der Waals surface area contributed by atoms with Crippen molar-refractivity contribution < 1.29 is 9.53 Å². The van der Waals surface area contributed by atoms with E-state index in [0.29, 0.717) is 17.5 Å². The van der Waals surface area contributed by atoms with E-state index in [4.69, 9.17) is 10.5 Å². The molecule has 1 aliphatic carbocycles. The van der Waals surface area contributed by atoms with E-state index < -0.39 is 5.91 Å². The van der Waals surface area contributed by atoms with Crippen molar-refractivity contribution in [3.63, 3.8) is 0 Å². The molecule has 2 aromatic heterocycles. The number of amides is 1. The molecule has 0 radical (unpaired) electrons. The number of hydrogen-bond acceptors (Lipinski definition) is 5. The first-order valence-electron chi connectivity index (χ1n) is 9.15. The number of nitrogens with two attached hydrogens (primary N) is 1. The van der Waals surface area contributed by atoms with Gasteiger partial charge in [0.05, 0.1) is 0 Å². The summed E-state index contributed by atoms with van der Waals surface area (Å²) in [5.74, 6) is 0.233. The Kier molecular flexibility index (Phi) is 5.83. The highest BCUT2D eigenvalue weighted by atomic mass is 35.5. The van der Waals surface area contributed by atoms with Gasteiger partial charge in [-0.05, 0) is 36.6 Å². The maximum atomic E-state index is 11.6. The van der Waals surface area contributed by atoms with E-state index in [9.17, 15) is 4.79 Å². The van der Waals surface area contributed by atoms with Crippen LogP contribution < -0.4 is 5.73 Å². The van der Waals surface area contributed by atoms with Crippen LogP contribution in [0.2, 0.25) is 0 Å². The topological polar surface area (TPSA) is 97.1 Å². The third kappa shape index (κ3) is 3.47. The highest BCUT2D eigenvalue weighted by Crippen LogP contribution is 2.51. The van der Waals surface area contributed by atoms with Crippen LogP contribution >= 0.6 is 12.4 Å². The second-order valence-corrected chi connectivity index (χ2v) is 7.39. The van der Waals surface area contributed by atoms with E-state index >= 15 is 0 Å².